The molecule has 4 nitrogen and oxygen atoms in total. The van der Waals surface area contributed by atoms with Gasteiger partial charge in [0.25, 0.3) is 5.91 Å². The van der Waals surface area contributed by atoms with Gasteiger partial charge in [0, 0.05) is 11.3 Å². The highest BCUT2D eigenvalue weighted by atomic mass is 35.5. The molecule has 0 atom stereocenters. The fourth-order valence-electron chi connectivity index (χ4n) is 3.79. The van der Waals surface area contributed by atoms with Gasteiger partial charge in [-0.15, -0.1) is 0 Å². The first-order chi connectivity index (χ1) is 15.0. The number of carbonyl (C=O) groups excluding carboxylic acids is 1. The summed E-state index contributed by atoms with van der Waals surface area (Å²) < 4.78 is 6.01. The summed E-state index contributed by atoms with van der Waals surface area (Å²) in [6, 6.07) is 22.9. The van der Waals surface area contributed by atoms with Gasteiger partial charge >= 0.3 is 0 Å². The lowest BCUT2D eigenvalue weighted by atomic mass is 10.1. The lowest BCUT2D eigenvalue weighted by Gasteiger charge is -2.08. The molecule has 5 rings (SSSR count). The number of hydrogen-bond acceptors (Lipinski definition) is 3. The van der Waals surface area contributed by atoms with Crippen LogP contribution in [0.3, 0.4) is 0 Å². The number of halogens is 1. The van der Waals surface area contributed by atoms with Crippen LogP contribution in [-0.4, -0.2) is 10.9 Å². The van der Waals surface area contributed by atoms with Gasteiger partial charge in [0.05, 0.1) is 10.6 Å². The molecule has 4 aromatic carbocycles. The van der Waals surface area contributed by atoms with Gasteiger partial charge in [-0.05, 0) is 72.1 Å². The molecule has 0 aliphatic carbocycles. The van der Waals surface area contributed by atoms with Gasteiger partial charge in [0.2, 0.25) is 5.89 Å². The molecule has 0 radical (unpaired) electrons. The van der Waals surface area contributed by atoms with Crippen LogP contribution in [0.2, 0.25) is 5.02 Å². The van der Waals surface area contributed by atoms with E-state index < -0.39 is 0 Å². The van der Waals surface area contributed by atoms with Crippen molar-refractivity contribution in [2.24, 2.45) is 0 Å². The molecule has 31 heavy (non-hydrogen) atoms. The zero-order valence-electron chi connectivity index (χ0n) is 17.1. The average Bonchev–Trinajstić information content (AvgIpc) is 3.19. The van der Waals surface area contributed by atoms with Crippen LogP contribution in [-0.2, 0) is 0 Å². The summed E-state index contributed by atoms with van der Waals surface area (Å²) in [5, 5.41) is 5.56. The Labute approximate surface area is 184 Å². The molecule has 0 bridgehead atoms. The quantitative estimate of drug-likeness (QED) is 0.332. The van der Waals surface area contributed by atoms with E-state index in [9.17, 15) is 4.79 Å². The molecule has 0 saturated carbocycles. The Morgan fingerprint density at radius 3 is 2.58 bits per heavy atom. The molecular weight excluding hydrogens is 408 g/mol. The molecular formula is C26H19ClN2O2. The van der Waals surface area contributed by atoms with Crippen LogP contribution in [0, 0.1) is 13.8 Å². The number of aromatic nitrogens is 1. The SMILES string of the molecule is Cc1cc(C)c2oc(-c3cc(NC(=O)c4ccc5ccccc5c4)ccc3Cl)nc2c1. The molecule has 0 fully saturated rings. The molecule has 5 aromatic rings. The van der Waals surface area contributed by atoms with Crippen molar-refractivity contribution < 1.29 is 9.21 Å². The Bertz CT molecular complexity index is 1470. The fourth-order valence-corrected chi connectivity index (χ4v) is 3.99. The standard InChI is InChI=1S/C26H19ClN2O2/c1-15-11-16(2)24-23(12-15)29-26(31-24)21-14-20(9-10-22(21)27)28-25(30)19-8-7-17-5-3-4-6-18(17)13-19/h3-14H,1-2H3,(H,28,30). The minimum absolute atomic E-state index is 0.192. The number of hydrogen-bond donors (Lipinski definition) is 1. The van der Waals surface area contributed by atoms with Crippen LogP contribution in [0.25, 0.3) is 33.3 Å². The predicted molar refractivity (Wildman–Crippen MR) is 126 cm³/mol. The van der Waals surface area contributed by atoms with E-state index in [2.05, 4.69) is 16.4 Å². The van der Waals surface area contributed by atoms with E-state index in [1.54, 1.807) is 18.2 Å². The van der Waals surface area contributed by atoms with Gasteiger partial charge in [-0.1, -0.05) is 48.0 Å². The van der Waals surface area contributed by atoms with Crippen molar-refractivity contribution in [1.29, 1.82) is 0 Å². The number of nitrogens with one attached hydrogen (secondary N) is 1. The third-order valence-corrected chi connectivity index (χ3v) is 5.62. The normalized spacial score (nSPS) is 11.2. The number of oxazole rings is 1. The molecule has 0 unspecified atom stereocenters. The highest BCUT2D eigenvalue weighted by Crippen LogP contribution is 2.33. The first-order valence-electron chi connectivity index (χ1n) is 9.96. The van der Waals surface area contributed by atoms with Crippen LogP contribution >= 0.6 is 11.6 Å². The summed E-state index contributed by atoms with van der Waals surface area (Å²) >= 11 is 6.44. The highest BCUT2D eigenvalue weighted by Gasteiger charge is 2.15. The van der Waals surface area contributed by atoms with E-state index in [0.29, 0.717) is 27.7 Å². The Morgan fingerprint density at radius 1 is 0.935 bits per heavy atom. The van der Waals surface area contributed by atoms with Crippen molar-refractivity contribution in [2.75, 3.05) is 5.32 Å². The van der Waals surface area contributed by atoms with E-state index in [1.807, 2.05) is 62.4 Å². The lowest BCUT2D eigenvalue weighted by Crippen LogP contribution is -2.11. The van der Waals surface area contributed by atoms with Crippen molar-refractivity contribution in [3.63, 3.8) is 0 Å². The van der Waals surface area contributed by atoms with Crippen LogP contribution in [0.15, 0.2) is 77.2 Å². The molecule has 0 aliphatic rings. The summed E-state index contributed by atoms with van der Waals surface area (Å²) in [5.41, 5.74) is 5.50. The second kappa shape index (κ2) is 7.56. The molecule has 0 aliphatic heterocycles. The van der Waals surface area contributed by atoms with E-state index in [4.69, 9.17) is 16.0 Å². The van der Waals surface area contributed by atoms with E-state index in [-0.39, 0.29) is 5.91 Å². The number of fused-ring (bicyclic) bond motifs is 2. The van der Waals surface area contributed by atoms with Crippen molar-refractivity contribution in [1.82, 2.24) is 4.98 Å². The third-order valence-electron chi connectivity index (χ3n) is 5.29. The average molecular weight is 427 g/mol. The monoisotopic (exact) mass is 426 g/mol. The Kier molecular flexibility index (Phi) is 4.72. The third kappa shape index (κ3) is 3.66. The van der Waals surface area contributed by atoms with Crippen LogP contribution in [0.4, 0.5) is 5.69 Å². The summed E-state index contributed by atoms with van der Waals surface area (Å²) in [5.74, 6) is 0.235. The molecule has 5 heteroatoms. The summed E-state index contributed by atoms with van der Waals surface area (Å²) in [6.07, 6.45) is 0. The maximum absolute atomic E-state index is 12.8. The van der Waals surface area contributed by atoms with Gasteiger partial charge in [-0.25, -0.2) is 4.98 Å². The minimum Gasteiger partial charge on any atom is -0.436 e. The van der Waals surface area contributed by atoms with Gasteiger partial charge in [-0.2, -0.15) is 0 Å². The Hall–Kier alpha value is -3.63. The second-order valence-corrected chi connectivity index (χ2v) is 8.07. The zero-order valence-corrected chi connectivity index (χ0v) is 17.8. The van der Waals surface area contributed by atoms with Crippen molar-refractivity contribution in [3.8, 4) is 11.5 Å². The zero-order chi connectivity index (χ0) is 21.5. The van der Waals surface area contributed by atoms with E-state index in [0.717, 1.165) is 33.0 Å². The number of nitrogens with zero attached hydrogens (tertiary/aromatic N) is 1. The molecule has 1 amide bonds. The molecule has 1 N–H and O–H groups in total. The first-order valence-corrected chi connectivity index (χ1v) is 10.3. The maximum Gasteiger partial charge on any atom is 0.255 e. The highest BCUT2D eigenvalue weighted by molar-refractivity contribution is 6.33. The first kappa shape index (κ1) is 19.3. The predicted octanol–water partition coefficient (Wildman–Crippen LogP) is 7.17. The smallest absolute Gasteiger partial charge is 0.255 e. The summed E-state index contributed by atoms with van der Waals surface area (Å²) in [7, 11) is 0. The van der Waals surface area contributed by atoms with Crippen molar-refractivity contribution >= 4 is 45.1 Å². The molecule has 1 heterocycles. The fraction of sp³-hybridized carbons (Fsp3) is 0.0769. The second-order valence-electron chi connectivity index (χ2n) is 7.66. The molecule has 0 spiro atoms. The number of rotatable bonds is 3. The Balaban J connectivity index is 1.48. The topological polar surface area (TPSA) is 55.1 Å². The number of aryl methyl sites for hydroxylation is 2. The van der Waals surface area contributed by atoms with Crippen LogP contribution in [0.1, 0.15) is 21.5 Å². The number of carbonyl (C=O) groups is 1. The minimum atomic E-state index is -0.192. The Morgan fingerprint density at radius 2 is 1.74 bits per heavy atom. The van der Waals surface area contributed by atoms with Gasteiger partial charge in [-0.3, -0.25) is 4.79 Å². The maximum atomic E-state index is 12.8. The summed E-state index contributed by atoms with van der Waals surface area (Å²) in [6.45, 7) is 4.02. The van der Waals surface area contributed by atoms with E-state index in [1.165, 1.54) is 0 Å². The van der Waals surface area contributed by atoms with Gasteiger partial charge in [0.15, 0.2) is 5.58 Å². The van der Waals surface area contributed by atoms with Crippen LogP contribution in [0.5, 0.6) is 0 Å². The number of benzene rings is 4. The van der Waals surface area contributed by atoms with Gasteiger partial charge < -0.3 is 9.73 Å². The van der Waals surface area contributed by atoms with Crippen LogP contribution < -0.4 is 5.32 Å². The number of anilines is 1. The summed E-state index contributed by atoms with van der Waals surface area (Å²) in [4.78, 5) is 17.4. The largest absolute Gasteiger partial charge is 0.436 e. The van der Waals surface area contributed by atoms with Crippen molar-refractivity contribution in [2.45, 2.75) is 13.8 Å². The molecule has 0 saturated heterocycles. The number of amides is 1. The molecule has 152 valence electrons. The van der Waals surface area contributed by atoms with Crippen molar-refractivity contribution in [3.05, 3.63) is 94.5 Å². The lowest BCUT2D eigenvalue weighted by molar-refractivity contribution is 0.102. The van der Waals surface area contributed by atoms with Gasteiger partial charge in [0.1, 0.15) is 5.52 Å². The van der Waals surface area contributed by atoms with E-state index >= 15 is 0 Å². The molecule has 1 aromatic heterocycles.